The van der Waals surface area contributed by atoms with Crippen molar-refractivity contribution in [3.8, 4) is 5.75 Å². The van der Waals surface area contributed by atoms with Crippen LogP contribution in [0.1, 0.15) is 24.2 Å². The lowest BCUT2D eigenvalue weighted by molar-refractivity contribution is -0.384. The molecule has 8 heteroatoms. The summed E-state index contributed by atoms with van der Waals surface area (Å²) in [6.45, 7) is 4.90. The number of nitrogens with zero attached hydrogens (tertiary/aromatic N) is 3. The minimum absolute atomic E-state index is 0.0824. The number of benzene rings is 2. The van der Waals surface area contributed by atoms with E-state index in [-0.39, 0.29) is 17.5 Å². The van der Waals surface area contributed by atoms with Crippen molar-refractivity contribution in [2.45, 2.75) is 19.9 Å². The highest BCUT2D eigenvalue weighted by atomic mass is 16.6. The SMILES string of the molecule is CCOc1ccc(N2CCN(C(=O)c3ccc([N+](=O)[O-])cc3)[C@@H](C)C2=O)cc1. The molecule has 2 aromatic rings. The second kappa shape index (κ2) is 8.08. The second-order valence-electron chi connectivity index (χ2n) is 6.40. The number of non-ortho nitro benzene ring substituents is 1. The van der Waals surface area contributed by atoms with E-state index in [1.54, 1.807) is 11.8 Å². The predicted octanol–water partition coefficient (Wildman–Crippen LogP) is 2.87. The van der Waals surface area contributed by atoms with Crippen LogP contribution >= 0.6 is 0 Å². The molecule has 2 amide bonds. The van der Waals surface area contributed by atoms with Crippen LogP contribution in [0, 0.1) is 10.1 Å². The van der Waals surface area contributed by atoms with Crippen molar-refractivity contribution in [1.29, 1.82) is 0 Å². The van der Waals surface area contributed by atoms with E-state index in [1.165, 1.54) is 29.2 Å². The lowest BCUT2D eigenvalue weighted by Gasteiger charge is -2.39. The number of carbonyl (C=O) groups is 2. The molecule has 0 aromatic heterocycles. The van der Waals surface area contributed by atoms with Gasteiger partial charge in [-0.3, -0.25) is 19.7 Å². The number of nitro groups is 1. The molecule has 0 spiro atoms. The highest BCUT2D eigenvalue weighted by Crippen LogP contribution is 2.24. The fraction of sp³-hybridized carbons (Fsp3) is 0.300. The van der Waals surface area contributed by atoms with E-state index in [0.717, 1.165) is 11.4 Å². The maximum Gasteiger partial charge on any atom is 0.269 e. The van der Waals surface area contributed by atoms with Gasteiger partial charge in [-0.2, -0.15) is 0 Å². The van der Waals surface area contributed by atoms with Gasteiger partial charge in [0, 0.05) is 36.5 Å². The van der Waals surface area contributed by atoms with Crippen molar-refractivity contribution in [2.24, 2.45) is 0 Å². The highest BCUT2D eigenvalue weighted by Gasteiger charge is 2.35. The second-order valence-corrected chi connectivity index (χ2v) is 6.40. The van der Waals surface area contributed by atoms with Crippen LogP contribution in [0.25, 0.3) is 0 Å². The van der Waals surface area contributed by atoms with Crippen molar-refractivity contribution in [2.75, 3.05) is 24.6 Å². The number of anilines is 1. The van der Waals surface area contributed by atoms with Crippen LogP contribution in [-0.4, -0.2) is 47.4 Å². The molecule has 1 atom stereocenters. The van der Waals surface area contributed by atoms with Crippen LogP contribution in [0.5, 0.6) is 5.75 Å². The first kappa shape index (κ1) is 19.3. The van der Waals surface area contributed by atoms with E-state index in [0.29, 0.717) is 25.3 Å². The molecule has 1 aliphatic heterocycles. The van der Waals surface area contributed by atoms with E-state index >= 15 is 0 Å². The Morgan fingerprint density at radius 2 is 1.79 bits per heavy atom. The molecule has 0 aliphatic carbocycles. The summed E-state index contributed by atoms with van der Waals surface area (Å²) in [6, 6.07) is 12.0. The molecular formula is C20H21N3O5. The van der Waals surface area contributed by atoms with Crippen molar-refractivity contribution in [3.63, 3.8) is 0 Å². The number of rotatable bonds is 5. The quantitative estimate of drug-likeness (QED) is 0.585. The Bertz CT molecular complexity index is 880. The first-order valence-electron chi connectivity index (χ1n) is 9.02. The predicted molar refractivity (Wildman–Crippen MR) is 104 cm³/mol. The summed E-state index contributed by atoms with van der Waals surface area (Å²) in [4.78, 5) is 39.0. The first-order chi connectivity index (χ1) is 13.4. The topological polar surface area (TPSA) is 93.0 Å². The molecule has 28 heavy (non-hydrogen) atoms. The molecule has 1 aliphatic rings. The van der Waals surface area contributed by atoms with Gasteiger partial charge in [-0.05, 0) is 50.2 Å². The van der Waals surface area contributed by atoms with Crippen molar-refractivity contribution < 1.29 is 19.2 Å². The number of piperazine rings is 1. The fourth-order valence-electron chi connectivity index (χ4n) is 3.18. The van der Waals surface area contributed by atoms with E-state index in [4.69, 9.17) is 4.74 Å². The maximum absolute atomic E-state index is 12.8. The van der Waals surface area contributed by atoms with Crippen LogP contribution in [0.3, 0.4) is 0 Å². The molecule has 3 rings (SSSR count). The third-order valence-electron chi connectivity index (χ3n) is 4.70. The third-order valence-corrected chi connectivity index (χ3v) is 4.70. The van der Waals surface area contributed by atoms with Gasteiger partial charge in [0.2, 0.25) is 5.91 Å². The molecule has 0 unspecified atom stereocenters. The van der Waals surface area contributed by atoms with Gasteiger partial charge in [0.05, 0.1) is 11.5 Å². The number of nitro benzene ring substituents is 1. The average Bonchev–Trinajstić information content (AvgIpc) is 2.70. The molecule has 0 N–H and O–H groups in total. The van der Waals surface area contributed by atoms with Crippen molar-refractivity contribution in [1.82, 2.24) is 4.90 Å². The molecule has 1 fully saturated rings. The summed E-state index contributed by atoms with van der Waals surface area (Å²) in [5.41, 5.74) is 0.989. The van der Waals surface area contributed by atoms with Gasteiger partial charge in [-0.25, -0.2) is 0 Å². The number of carbonyl (C=O) groups excluding carboxylic acids is 2. The van der Waals surface area contributed by atoms with E-state index < -0.39 is 11.0 Å². The Morgan fingerprint density at radius 1 is 1.14 bits per heavy atom. The van der Waals surface area contributed by atoms with Crippen molar-refractivity contribution in [3.05, 3.63) is 64.2 Å². The van der Waals surface area contributed by atoms with Crippen LogP contribution < -0.4 is 9.64 Å². The molecule has 1 heterocycles. The normalized spacial score (nSPS) is 16.8. The molecule has 0 bridgehead atoms. The van der Waals surface area contributed by atoms with Crippen LogP contribution in [0.15, 0.2) is 48.5 Å². The van der Waals surface area contributed by atoms with Crippen molar-refractivity contribution >= 4 is 23.2 Å². The number of hydrogen-bond donors (Lipinski definition) is 0. The van der Waals surface area contributed by atoms with E-state index in [9.17, 15) is 19.7 Å². The Morgan fingerprint density at radius 3 is 2.36 bits per heavy atom. The molecule has 0 radical (unpaired) electrons. The van der Waals surface area contributed by atoms with Crippen LogP contribution in [-0.2, 0) is 4.79 Å². The number of ether oxygens (including phenoxy) is 1. The van der Waals surface area contributed by atoms with Gasteiger partial charge in [-0.15, -0.1) is 0 Å². The van der Waals surface area contributed by atoms with E-state index in [2.05, 4.69) is 0 Å². The lowest BCUT2D eigenvalue weighted by Crippen LogP contribution is -2.57. The van der Waals surface area contributed by atoms with Gasteiger partial charge in [-0.1, -0.05) is 0 Å². The summed E-state index contributed by atoms with van der Waals surface area (Å²) in [6.07, 6.45) is 0. The summed E-state index contributed by atoms with van der Waals surface area (Å²) in [5.74, 6) is 0.242. The average molecular weight is 383 g/mol. The Hall–Kier alpha value is -3.42. The Balaban J connectivity index is 1.73. The first-order valence-corrected chi connectivity index (χ1v) is 9.02. The standard InChI is InChI=1S/C20H21N3O5/c1-3-28-18-10-8-16(9-11-18)22-13-12-21(14(2)19(22)24)20(25)15-4-6-17(7-5-15)23(26)27/h4-11,14H,3,12-13H2,1-2H3/t14-/m0/s1. The number of amides is 2. The van der Waals surface area contributed by atoms with Crippen LogP contribution in [0.2, 0.25) is 0 Å². The zero-order valence-electron chi connectivity index (χ0n) is 15.7. The van der Waals surface area contributed by atoms with Gasteiger partial charge < -0.3 is 14.5 Å². The smallest absolute Gasteiger partial charge is 0.269 e. The Kier molecular flexibility index (Phi) is 5.58. The molecular weight excluding hydrogens is 362 g/mol. The monoisotopic (exact) mass is 383 g/mol. The minimum atomic E-state index is -0.636. The van der Waals surface area contributed by atoms with Gasteiger partial charge >= 0.3 is 0 Å². The largest absolute Gasteiger partial charge is 0.494 e. The molecule has 0 saturated carbocycles. The summed E-state index contributed by atoms with van der Waals surface area (Å²) >= 11 is 0. The third kappa shape index (κ3) is 3.80. The molecule has 2 aromatic carbocycles. The zero-order chi connectivity index (χ0) is 20.3. The van der Waals surface area contributed by atoms with Crippen LogP contribution in [0.4, 0.5) is 11.4 Å². The molecule has 8 nitrogen and oxygen atoms in total. The summed E-state index contributed by atoms with van der Waals surface area (Å²) < 4.78 is 5.42. The van der Waals surface area contributed by atoms with Gasteiger partial charge in [0.15, 0.2) is 0 Å². The summed E-state index contributed by atoms with van der Waals surface area (Å²) in [5, 5.41) is 10.8. The maximum atomic E-state index is 12.8. The zero-order valence-corrected chi connectivity index (χ0v) is 15.7. The highest BCUT2D eigenvalue weighted by molar-refractivity contribution is 6.03. The van der Waals surface area contributed by atoms with E-state index in [1.807, 2.05) is 31.2 Å². The minimum Gasteiger partial charge on any atom is -0.494 e. The summed E-state index contributed by atoms with van der Waals surface area (Å²) in [7, 11) is 0. The van der Waals surface area contributed by atoms with Gasteiger partial charge in [0.25, 0.3) is 11.6 Å². The number of hydrogen-bond acceptors (Lipinski definition) is 5. The molecule has 146 valence electrons. The van der Waals surface area contributed by atoms with Gasteiger partial charge in [0.1, 0.15) is 11.8 Å². The fourth-order valence-corrected chi connectivity index (χ4v) is 3.18. The Labute approximate surface area is 162 Å². The molecule has 1 saturated heterocycles. The lowest BCUT2D eigenvalue weighted by atomic mass is 10.1.